The number of imide groups is 1. The van der Waals surface area contributed by atoms with Crippen LogP contribution in [0, 0.1) is 0 Å². The van der Waals surface area contributed by atoms with Crippen molar-refractivity contribution in [2.75, 3.05) is 19.6 Å². The number of likely N-dealkylation sites (tertiary alicyclic amines) is 1. The molecule has 0 aliphatic carbocycles. The predicted octanol–water partition coefficient (Wildman–Crippen LogP) is 2.49. The third-order valence-electron chi connectivity index (χ3n) is 6.28. The van der Waals surface area contributed by atoms with Gasteiger partial charge in [0.1, 0.15) is 0 Å². The summed E-state index contributed by atoms with van der Waals surface area (Å²) in [5.41, 5.74) is 2.40. The van der Waals surface area contributed by atoms with Gasteiger partial charge in [-0.3, -0.25) is 19.8 Å². The van der Waals surface area contributed by atoms with E-state index in [9.17, 15) is 9.59 Å². The minimum Gasteiger partial charge on any atom is -0.317 e. The molecule has 3 aliphatic heterocycles. The molecule has 1 aromatic rings. The van der Waals surface area contributed by atoms with Gasteiger partial charge in [-0.2, -0.15) is 0 Å². The highest BCUT2D eigenvalue weighted by molar-refractivity contribution is 6.00. The topological polar surface area (TPSA) is 61.4 Å². The van der Waals surface area contributed by atoms with Crippen molar-refractivity contribution in [2.45, 2.75) is 62.9 Å². The first kappa shape index (κ1) is 17.7. The molecule has 1 aromatic carbocycles. The van der Waals surface area contributed by atoms with Crippen LogP contribution in [-0.2, 0) is 9.59 Å². The molecule has 3 aliphatic rings. The highest BCUT2D eigenvalue weighted by Crippen LogP contribution is 2.35. The Kier molecular flexibility index (Phi) is 5.36. The minimum atomic E-state index is -0.186. The molecule has 2 amide bonds. The van der Waals surface area contributed by atoms with Crippen LogP contribution in [-0.4, -0.2) is 42.4 Å². The summed E-state index contributed by atoms with van der Waals surface area (Å²) in [4.78, 5) is 26.2. The number of amides is 2. The van der Waals surface area contributed by atoms with Gasteiger partial charge < -0.3 is 5.32 Å². The van der Waals surface area contributed by atoms with Crippen LogP contribution in [0.5, 0.6) is 0 Å². The van der Waals surface area contributed by atoms with Gasteiger partial charge in [0.15, 0.2) is 0 Å². The maximum Gasteiger partial charge on any atom is 0.234 e. The van der Waals surface area contributed by atoms with Gasteiger partial charge in [0, 0.05) is 18.5 Å². The smallest absolute Gasteiger partial charge is 0.234 e. The normalized spacial score (nSPS) is 28.8. The number of rotatable bonds is 3. The van der Waals surface area contributed by atoms with E-state index < -0.39 is 0 Å². The second-order valence-corrected chi connectivity index (χ2v) is 7.90. The Hall–Kier alpha value is -1.72. The van der Waals surface area contributed by atoms with E-state index in [0.29, 0.717) is 24.9 Å². The van der Waals surface area contributed by atoms with Crippen LogP contribution in [0.25, 0.3) is 0 Å². The summed E-state index contributed by atoms with van der Waals surface area (Å²) in [7, 11) is 0. The highest BCUT2D eigenvalue weighted by atomic mass is 16.2. The lowest BCUT2D eigenvalue weighted by Crippen LogP contribution is -2.46. The second kappa shape index (κ2) is 7.89. The van der Waals surface area contributed by atoms with Crippen molar-refractivity contribution in [3.63, 3.8) is 0 Å². The van der Waals surface area contributed by atoms with Gasteiger partial charge in [0.05, 0.1) is 5.92 Å². The molecule has 1 unspecified atom stereocenters. The lowest BCUT2D eigenvalue weighted by Gasteiger charge is -2.43. The lowest BCUT2D eigenvalue weighted by atomic mass is 9.87. The van der Waals surface area contributed by atoms with Crippen LogP contribution in [0.2, 0.25) is 0 Å². The van der Waals surface area contributed by atoms with E-state index in [1.807, 2.05) is 0 Å². The monoisotopic (exact) mass is 355 g/mol. The van der Waals surface area contributed by atoms with Crippen LogP contribution in [0.4, 0.5) is 0 Å². The molecule has 0 bridgehead atoms. The van der Waals surface area contributed by atoms with Crippen molar-refractivity contribution < 1.29 is 9.59 Å². The summed E-state index contributed by atoms with van der Waals surface area (Å²) >= 11 is 0. The lowest BCUT2D eigenvalue weighted by molar-refractivity contribution is -0.134. The van der Waals surface area contributed by atoms with E-state index >= 15 is 0 Å². The SMILES string of the molecule is O=C1CCC(c2ccc([C@H]3CCCCN3C3CCNCC3)cc2)C(=O)N1. The van der Waals surface area contributed by atoms with Crippen LogP contribution >= 0.6 is 0 Å². The average Bonchev–Trinajstić information content (AvgIpc) is 2.69. The van der Waals surface area contributed by atoms with Crippen LogP contribution in [0.15, 0.2) is 24.3 Å². The van der Waals surface area contributed by atoms with Crippen LogP contribution < -0.4 is 10.6 Å². The molecule has 140 valence electrons. The number of carbonyl (C=O) groups excluding carboxylic acids is 2. The largest absolute Gasteiger partial charge is 0.317 e. The maximum absolute atomic E-state index is 12.1. The quantitative estimate of drug-likeness (QED) is 0.818. The molecule has 0 radical (unpaired) electrons. The fraction of sp³-hybridized carbons (Fsp3) is 0.619. The molecule has 0 spiro atoms. The number of hydrogen-bond donors (Lipinski definition) is 2. The van der Waals surface area contributed by atoms with E-state index in [2.05, 4.69) is 39.8 Å². The standard InChI is InChI=1S/C21H29N3O2/c25-20-9-8-18(21(26)23-20)15-4-6-16(7-5-15)19-3-1-2-14-24(19)17-10-12-22-13-11-17/h4-7,17-19,22H,1-3,8-14H2,(H,23,25,26)/t18?,19-/m1/s1. The summed E-state index contributed by atoms with van der Waals surface area (Å²) in [6.45, 7) is 3.45. The molecule has 2 atom stereocenters. The van der Waals surface area contributed by atoms with Gasteiger partial charge in [-0.25, -0.2) is 0 Å². The molecule has 5 heteroatoms. The number of nitrogens with one attached hydrogen (secondary N) is 2. The summed E-state index contributed by atoms with van der Waals surface area (Å²) in [5.74, 6) is -0.487. The number of carbonyl (C=O) groups is 2. The molecule has 3 fully saturated rings. The first-order chi connectivity index (χ1) is 12.7. The highest BCUT2D eigenvalue weighted by Gasteiger charge is 2.31. The van der Waals surface area contributed by atoms with E-state index in [1.54, 1.807) is 0 Å². The van der Waals surface area contributed by atoms with Crippen molar-refractivity contribution in [3.05, 3.63) is 35.4 Å². The van der Waals surface area contributed by atoms with E-state index in [4.69, 9.17) is 0 Å². The fourth-order valence-corrected chi connectivity index (χ4v) is 4.85. The molecule has 0 aromatic heterocycles. The molecule has 2 N–H and O–H groups in total. The fourth-order valence-electron chi connectivity index (χ4n) is 4.85. The van der Waals surface area contributed by atoms with Crippen molar-refractivity contribution in [1.29, 1.82) is 0 Å². The zero-order valence-corrected chi connectivity index (χ0v) is 15.4. The van der Waals surface area contributed by atoms with E-state index in [1.165, 1.54) is 44.2 Å². The Bertz CT molecular complexity index is 652. The molecule has 3 heterocycles. The Morgan fingerprint density at radius 2 is 1.62 bits per heavy atom. The molecule has 3 saturated heterocycles. The van der Waals surface area contributed by atoms with Crippen molar-refractivity contribution >= 4 is 11.8 Å². The minimum absolute atomic E-state index is 0.150. The molecule has 4 rings (SSSR count). The van der Waals surface area contributed by atoms with Crippen LogP contribution in [0.3, 0.4) is 0 Å². The van der Waals surface area contributed by atoms with Gasteiger partial charge in [-0.15, -0.1) is 0 Å². The molecule has 5 nitrogen and oxygen atoms in total. The Morgan fingerprint density at radius 3 is 2.35 bits per heavy atom. The Balaban J connectivity index is 1.49. The molecular weight excluding hydrogens is 326 g/mol. The summed E-state index contributed by atoms with van der Waals surface area (Å²) in [6, 6.07) is 9.82. The summed E-state index contributed by atoms with van der Waals surface area (Å²) in [5, 5.41) is 5.93. The van der Waals surface area contributed by atoms with E-state index in [-0.39, 0.29) is 17.7 Å². The van der Waals surface area contributed by atoms with Gasteiger partial charge in [-0.1, -0.05) is 30.7 Å². The molecule has 26 heavy (non-hydrogen) atoms. The maximum atomic E-state index is 12.1. The third-order valence-corrected chi connectivity index (χ3v) is 6.28. The van der Waals surface area contributed by atoms with E-state index in [0.717, 1.165) is 18.7 Å². The zero-order chi connectivity index (χ0) is 17.9. The zero-order valence-electron chi connectivity index (χ0n) is 15.4. The van der Waals surface area contributed by atoms with Gasteiger partial charge in [0.2, 0.25) is 11.8 Å². The Labute approximate surface area is 155 Å². The summed E-state index contributed by atoms with van der Waals surface area (Å²) in [6.07, 6.45) is 7.35. The number of hydrogen-bond acceptors (Lipinski definition) is 4. The first-order valence-corrected chi connectivity index (χ1v) is 10.1. The second-order valence-electron chi connectivity index (χ2n) is 7.90. The Morgan fingerprint density at radius 1 is 0.885 bits per heavy atom. The summed E-state index contributed by atoms with van der Waals surface area (Å²) < 4.78 is 0. The number of nitrogens with zero attached hydrogens (tertiary/aromatic N) is 1. The van der Waals surface area contributed by atoms with Crippen molar-refractivity contribution in [1.82, 2.24) is 15.5 Å². The average molecular weight is 355 g/mol. The van der Waals surface area contributed by atoms with Gasteiger partial charge >= 0.3 is 0 Å². The molecular formula is C21H29N3O2. The first-order valence-electron chi connectivity index (χ1n) is 10.1. The number of piperidine rings is 3. The van der Waals surface area contributed by atoms with Gasteiger partial charge in [0.25, 0.3) is 0 Å². The predicted molar refractivity (Wildman–Crippen MR) is 101 cm³/mol. The van der Waals surface area contributed by atoms with Gasteiger partial charge in [-0.05, 0) is 62.9 Å². The number of benzene rings is 1. The molecule has 0 saturated carbocycles. The van der Waals surface area contributed by atoms with Crippen molar-refractivity contribution in [2.24, 2.45) is 0 Å². The third kappa shape index (κ3) is 3.69. The van der Waals surface area contributed by atoms with Crippen LogP contribution in [0.1, 0.15) is 68.0 Å². The van der Waals surface area contributed by atoms with Crippen molar-refractivity contribution in [3.8, 4) is 0 Å².